The Morgan fingerprint density at radius 3 is 3.00 bits per heavy atom. The summed E-state index contributed by atoms with van der Waals surface area (Å²) in [7, 11) is 0. The summed E-state index contributed by atoms with van der Waals surface area (Å²) in [6.07, 6.45) is 6.78. The average molecular weight is 319 g/mol. The van der Waals surface area contributed by atoms with Crippen molar-refractivity contribution in [1.82, 2.24) is 19.7 Å². The summed E-state index contributed by atoms with van der Waals surface area (Å²) in [4.78, 5) is 21.2. The van der Waals surface area contributed by atoms with Gasteiger partial charge in [0.05, 0.1) is 5.69 Å². The van der Waals surface area contributed by atoms with Crippen molar-refractivity contribution in [2.45, 2.75) is 19.4 Å². The molecule has 1 unspecified atom stereocenters. The Morgan fingerprint density at radius 2 is 2.12 bits per heavy atom. The lowest BCUT2D eigenvalue weighted by Gasteiger charge is -2.22. The minimum absolute atomic E-state index is 0.0123. The molecule has 120 valence electrons. The van der Waals surface area contributed by atoms with Crippen molar-refractivity contribution < 1.29 is 4.79 Å². The number of anilines is 1. The maximum absolute atomic E-state index is 12.6. The van der Waals surface area contributed by atoms with Gasteiger partial charge in [0.1, 0.15) is 5.82 Å². The van der Waals surface area contributed by atoms with Gasteiger partial charge in [0.25, 0.3) is 0 Å². The Morgan fingerprint density at radius 1 is 1.17 bits per heavy atom. The second kappa shape index (κ2) is 6.23. The zero-order chi connectivity index (χ0) is 16.4. The highest BCUT2D eigenvalue weighted by Crippen LogP contribution is 2.22. The van der Waals surface area contributed by atoms with Crippen molar-refractivity contribution in [3.05, 3.63) is 60.7 Å². The molecule has 1 aliphatic heterocycles. The third-order valence-electron chi connectivity index (χ3n) is 4.28. The van der Waals surface area contributed by atoms with Crippen molar-refractivity contribution in [1.29, 1.82) is 0 Å². The van der Waals surface area contributed by atoms with Crippen LogP contribution in [0.4, 0.5) is 5.82 Å². The number of aromatic nitrogens is 4. The largest absolute Gasteiger partial charge is 0.310 e. The number of fused-ring (bicyclic) bond motifs is 1. The SMILES string of the molecule is O=C(Nc1cccc(-c2cccnc2)n1)C1CCn2nccc2C1. The standard InChI is InChI=1S/C18H17N5O/c24-18(13-7-10-23-15(11-13)6-9-20-23)22-17-5-1-4-16(21-17)14-3-2-8-19-12-14/h1-6,8-9,12-13H,7,10-11H2,(H,21,22,24). The number of hydrogen-bond donors (Lipinski definition) is 1. The maximum Gasteiger partial charge on any atom is 0.229 e. The molecule has 6 heteroatoms. The van der Waals surface area contributed by atoms with E-state index in [1.807, 2.05) is 41.1 Å². The summed E-state index contributed by atoms with van der Waals surface area (Å²) < 4.78 is 1.96. The number of rotatable bonds is 3. The van der Waals surface area contributed by atoms with E-state index in [1.165, 1.54) is 0 Å². The Labute approximate surface area is 139 Å². The van der Waals surface area contributed by atoms with E-state index in [0.29, 0.717) is 12.2 Å². The highest BCUT2D eigenvalue weighted by atomic mass is 16.1. The van der Waals surface area contributed by atoms with Gasteiger partial charge < -0.3 is 5.32 Å². The first-order valence-corrected chi connectivity index (χ1v) is 7.98. The van der Waals surface area contributed by atoms with Crippen LogP contribution < -0.4 is 5.32 Å². The molecule has 3 aromatic rings. The number of amides is 1. The van der Waals surface area contributed by atoms with Crippen LogP contribution in [0, 0.1) is 5.92 Å². The molecular weight excluding hydrogens is 302 g/mol. The number of nitrogens with one attached hydrogen (secondary N) is 1. The molecule has 0 bridgehead atoms. The molecule has 0 saturated heterocycles. The summed E-state index contributed by atoms with van der Waals surface area (Å²) in [6.45, 7) is 0.781. The summed E-state index contributed by atoms with van der Waals surface area (Å²) in [5.74, 6) is 0.539. The minimum atomic E-state index is -0.0435. The number of carbonyl (C=O) groups excluding carboxylic acids is 1. The van der Waals surface area contributed by atoms with Gasteiger partial charge >= 0.3 is 0 Å². The summed E-state index contributed by atoms with van der Waals surface area (Å²) >= 11 is 0. The molecular formula is C18H17N5O. The van der Waals surface area contributed by atoms with E-state index in [0.717, 1.165) is 29.9 Å². The molecule has 0 fully saturated rings. The van der Waals surface area contributed by atoms with Gasteiger partial charge in [-0.25, -0.2) is 4.98 Å². The number of pyridine rings is 2. The second-order valence-corrected chi connectivity index (χ2v) is 5.87. The number of aryl methyl sites for hydroxylation is 1. The molecule has 3 aromatic heterocycles. The van der Waals surface area contributed by atoms with E-state index < -0.39 is 0 Å². The normalized spacial score (nSPS) is 16.4. The van der Waals surface area contributed by atoms with Crippen LogP contribution in [0.1, 0.15) is 12.1 Å². The lowest BCUT2D eigenvalue weighted by atomic mass is 9.95. The first-order chi connectivity index (χ1) is 11.8. The third-order valence-corrected chi connectivity index (χ3v) is 4.28. The molecule has 1 aliphatic rings. The molecule has 1 N–H and O–H groups in total. The van der Waals surface area contributed by atoms with E-state index in [2.05, 4.69) is 20.4 Å². The van der Waals surface area contributed by atoms with E-state index in [1.54, 1.807) is 18.6 Å². The third kappa shape index (κ3) is 2.90. The van der Waals surface area contributed by atoms with Crippen molar-refractivity contribution in [2.24, 2.45) is 5.92 Å². The Balaban J connectivity index is 1.49. The van der Waals surface area contributed by atoms with Gasteiger partial charge in [-0.15, -0.1) is 0 Å². The van der Waals surface area contributed by atoms with Gasteiger partial charge in [-0.3, -0.25) is 14.5 Å². The summed E-state index contributed by atoms with van der Waals surface area (Å²) in [6, 6.07) is 11.4. The number of carbonyl (C=O) groups is 1. The first-order valence-electron chi connectivity index (χ1n) is 7.98. The lowest BCUT2D eigenvalue weighted by Crippen LogP contribution is -2.30. The van der Waals surface area contributed by atoms with Crippen LogP contribution in [0.2, 0.25) is 0 Å². The summed E-state index contributed by atoms with van der Waals surface area (Å²) in [5, 5.41) is 7.19. The molecule has 4 rings (SSSR count). The van der Waals surface area contributed by atoms with Gasteiger partial charge in [-0.05, 0) is 36.8 Å². The fourth-order valence-electron chi connectivity index (χ4n) is 3.00. The Hall–Kier alpha value is -3.02. The van der Waals surface area contributed by atoms with E-state index in [4.69, 9.17) is 0 Å². The maximum atomic E-state index is 12.6. The fraction of sp³-hybridized carbons (Fsp3) is 0.222. The molecule has 0 radical (unpaired) electrons. The van der Waals surface area contributed by atoms with Gasteiger partial charge in [0.2, 0.25) is 5.91 Å². The smallest absolute Gasteiger partial charge is 0.229 e. The fourth-order valence-corrected chi connectivity index (χ4v) is 3.00. The van der Waals surface area contributed by atoms with Gasteiger partial charge in [0, 0.05) is 48.7 Å². The molecule has 0 saturated carbocycles. The van der Waals surface area contributed by atoms with Crippen molar-refractivity contribution in [3.63, 3.8) is 0 Å². The minimum Gasteiger partial charge on any atom is -0.310 e. The summed E-state index contributed by atoms with van der Waals surface area (Å²) in [5.41, 5.74) is 2.83. The predicted molar refractivity (Wildman–Crippen MR) is 90.1 cm³/mol. The first kappa shape index (κ1) is 14.6. The molecule has 0 aromatic carbocycles. The number of nitrogens with zero attached hydrogens (tertiary/aromatic N) is 4. The highest BCUT2D eigenvalue weighted by Gasteiger charge is 2.25. The average Bonchev–Trinajstić information content (AvgIpc) is 3.10. The molecule has 4 heterocycles. The van der Waals surface area contributed by atoms with Crippen LogP contribution in [0.25, 0.3) is 11.3 Å². The van der Waals surface area contributed by atoms with Crippen molar-refractivity contribution in [2.75, 3.05) is 5.32 Å². The van der Waals surface area contributed by atoms with Crippen LogP contribution in [-0.2, 0) is 17.8 Å². The van der Waals surface area contributed by atoms with Gasteiger partial charge in [-0.1, -0.05) is 6.07 Å². The molecule has 0 aliphatic carbocycles. The predicted octanol–water partition coefficient (Wildman–Crippen LogP) is 2.54. The molecule has 1 atom stereocenters. The van der Waals surface area contributed by atoms with Crippen molar-refractivity contribution >= 4 is 11.7 Å². The van der Waals surface area contributed by atoms with Crippen LogP contribution in [0.5, 0.6) is 0 Å². The monoisotopic (exact) mass is 319 g/mol. The van der Waals surface area contributed by atoms with Crippen LogP contribution in [0.15, 0.2) is 55.0 Å². The zero-order valence-electron chi connectivity index (χ0n) is 13.1. The zero-order valence-corrected chi connectivity index (χ0v) is 13.1. The highest BCUT2D eigenvalue weighted by molar-refractivity contribution is 5.92. The van der Waals surface area contributed by atoms with Crippen LogP contribution in [-0.4, -0.2) is 25.7 Å². The van der Waals surface area contributed by atoms with Crippen LogP contribution >= 0.6 is 0 Å². The Bertz CT molecular complexity index is 859. The van der Waals surface area contributed by atoms with Gasteiger partial charge in [0.15, 0.2) is 0 Å². The second-order valence-electron chi connectivity index (χ2n) is 5.87. The lowest BCUT2D eigenvalue weighted by molar-refractivity contribution is -0.120. The number of hydrogen-bond acceptors (Lipinski definition) is 4. The van der Waals surface area contributed by atoms with E-state index in [9.17, 15) is 4.79 Å². The molecule has 24 heavy (non-hydrogen) atoms. The quantitative estimate of drug-likeness (QED) is 0.805. The molecule has 6 nitrogen and oxygen atoms in total. The topological polar surface area (TPSA) is 72.7 Å². The molecule has 1 amide bonds. The van der Waals surface area contributed by atoms with Crippen molar-refractivity contribution in [3.8, 4) is 11.3 Å². The van der Waals surface area contributed by atoms with Gasteiger partial charge in [-0.2, -0.15) is 5.10 Å². The van der Waals surface area contributed by atoms with E-state index >= 15 is 0 Å². The van der Waals surface area contributed by atoms with Crippen LogP contribution in [0.3, 0.4) is 0 Å². The van der Waals surface area contributed by atoms with E-state index in [-0.39, 0.29) is 11.8 Å². The Kier molecular flexibility index (Phi) is 3.78. The molecule has 0 spiro atoms.